The van der Waals surface area contributed by atoms with Gasteiger partial charge in [-0.05, 0) is 18.4 Å². The molecular formula is C19H24N4O4. The van der Waals surface area contributed by atoms with Crippen LogP contribution in [0.2, 0.25) is 0 Å². The van der Waals surface area contributed by atoms with E-state index in [2.05, 4.69) is 33.0 Å². The third-order valence-electron chi connectivity index (χ3n) is 5.47. The van der Waals surface area contributed by atoms with Crippen molar-refractivity contribution in [1.29, 1.82) is 0 Å². The maximum atomic E-state index is 12.2. The van der Waals surface area contributed by atoms with Crippen LogP contribution in [0.15, 0.2) is 30.3 Å². The van der Waals surface area contributed by atoms with Crippen molar-refractivity contribution in [2.75, 3.05) is 19.7 Å². The first-order chi connectivity index (χ1) is 13.1. The molecule has 0 aliphatic carbocycles. The summed E-state index contributed by atoms with van der Waals surface area (Å²) in [4.78, 5) is 37.2. The predicted molar refractivity (Wildman–Crippen MR) is 96.7 cm³/mol. The number of rotatable bonds is 5. The van der Waals surface area contributed by atoms with Crippen molar-refractivity contribution in [2.24, 2.45) is 0 Å². The van der Waals surface area contributed by atoms with Gasteiger partial charge in [-0.15, -0.1) is 0 Å². The van der Waals surface area contributed by atoms with E-state index in [4.69, 9.17) is 4.74 Å². The average Bonchev–Trinajstić information content (AvgIpc) is 3.21. The first-order valence-corrected chi connectivity index (χ1v) is 9.40. The normalized spacial score (nSPS) is 30.5. The molecule has 0 aromatic heterocycles. The number of carbonyl (C=O) groups is 3. The van der Waals surface area contributed by atoms with Gasteiger partial charge in [0.05, 0.1) is 12.7 Å². The van der Waals surface area contributed by atoms with Crippen LogP contribution >= 0.6 is 0 Å². The van der Waals surface area contributed by atoms with E-state index in [9.17, 15) is 14.4 Å². The summed E-state index contributed by atoms with van der Waals surface area (Å²) in [5.74, 6) is -0.454. The highest BCUT2D eigenvalue weighted by atomic mass is 16.5. The van der Waals surface area contributed by atoms with Crippen molar-refractivity contribution >= 4 is 17.8 Å². The SMILES string of the molecule is O=C(CC[C@@H]1NC(=O)NC1=O)N[C@H]1C[C@H]2CO[C@@H](c3ccccc3)CN2C1. The summed E-state index contributed by atoms with van der Waals surface area (Å²) in [7, 11) is 0. The van der Waals surface area contributed by atoms with Crippen molar-refractivity contribution in [1.82, 2.24) is 20.9 Å². The van der Waals surface area contributed by atoms with Crippen LogP contribution in [0.3, 0.4) is 0 Å². The van der Waals surface area contributed by atoms with Crippen LogP contribution in [0.4, 0.5) is 4.79 Å². The molecular weight excluding hydrogens is 348 g/mol. The summed E-state index contributed by atoms with van der Waals surface area (Å²) >= 11 is 0. The van der Waals surface area contributed by atoms with Gasteiger partial charge < -0.3 is 15.4 Å². The number of urea groups is 1. The predicted octanol–water partition coefficient (Wildman–Crippen LogP) is 0.305. The minimum atomic E-state index is -0.613. The second-order valence-electron chi connectivity index (χ2n) is 7.39. The summed E-state index contributed by atoms with van der Waals surface area (Å²) < 4.78 is 6.03. The molecule has 144 valence electrons. The molecule has 3 aliphatic rings. The fourth-order valence-electron chi connectivity index (χ4n) is 4.09. The standard InChI is InChI=1S/C19H24N4O4/c24-17(7-6-15-18(25)22-19(26)21-15)20-13-8-14-11-27-16(10-23(14)9-13)12-4-2-1-3-5-12/h1-5,13-16H,6-11H2,(H,20,24)(H2,21,22,25,26)/t13-,14-,15-,16+/m0/s1. The number of fused-ring (bicyclic) bond motifs is 1. The van der Waals surface area contributed by atoms with Crippen LogP contribution in [0.25, 0.3) is 0 Å². The van der Waals surface area contributed by atoms with Gasteiger partial charge in [-0.1, -0.05) is 30.3 Å². The van der Waals surface area contributed by atoms with Gasteiger partial charge in [-0.3, -0.25) is 19.8 Å². The Hall–Kier alpha value is -2.45. The Morgan fingerprint density at radius 2 is 2.04 bits per heavy atom. The Balaban J connectivity index is 1.24. The van der Waals surface area contributed by atoms with Gasteiger partial charge in [0.15, 0.2) is 0 Å². The molecule has 0 saturated carbocycles. The second kappa shape index (κ2) is 7.66. The summed E-state index contributed by atoms with van der Waals surface area (Å²) in [5, 5.41) is 7.74. The Bertz CT molecular complexity index is 726. The Morgan fingerprint density at radius 1 is 1.22 bits per heavy atom. The van der Waals surface area contributed by atoms with Crippen LogP contribution in [0, 0.1) is 0 Å². The van der Waals surface area contributed by atoms with Crippen LogP contribution in [-0.4, -0.2) is 60.6 Å². The highest BCUT2D eigenvalue weighted by Gasteiger charge is 2.38. The lowest BCUT2D eigenvalue weighted by Gasteiger charge is -2.35. The zero-order valence-corrected chi connectivity index (χ0v) is 15.0. The number of imide groups is 1. The maximum Gasteiger partial charge on any atom is 0.322 e. The summed E-state index contributed by atoms with van der Waals surface area (Å²) in [5.41, 5.74) is 1.18. The molecule has 4 amide bonds. The number of ether oxygens (including phenoxy) is 1. The molecule has 3 fully saturated rings. The Labute approximate surface area is 157 Å². The average molecular weight is 372 g/mol. The van der Waals surface area contributed by atoms with Crippen molar-refractivity contribution in [3.8, 4) is 0 Å². The van der Waals surface area contributed by atoms with E-state index in [1.807, 2.05) is 18.2 Å². The number of hydrogen-bond acceptors (Lipinski definition) is 5. The summed E-state index contributed by atoms with van der Waals surface area (Å²) in [6.07, 6.45) is 1.46. The quantitative estimate of drug-likeness (QED) is 0.646. The van der Waals surface area contributed by atoms with Gasteiger partial charge >= 0.3 is 6.03 Å². The molecule has 0 radical (unpaired) electrons. The van der Waals surface area contributed by atoms with Gasteiger partial charge in [0.2, 0.25) is 5.91 Å². The molecule has 27 heavy (non-hydrogen) atoms. The molecule has 1 aromatic rings. The van der Waals surface area contributed by atoms with E-state index in [0.29, 0.717) is 19.1 Å². The Kier molecular flexibility index (Phi) is 5.09. The van der Waals surface area contributed by atoms with Crippen molar-refractivity contribution in [2.45, 2.75) is 43.5 Å². The van der Waals surface area contributed by atoms with Crippen molar-refractivity contribution in [3.63, 3.8) is 0 Å². The molecule has 0 unspecified atom stereocenters. The minimum absolute atomic E-state index is 0.0707. The number of hydrogen-bond donors (Lipinski definition) is 3. The van der Waals surface area contributed by atoms with Gasteiger partial charge in [0, 0.05) is 31.6 Å². The molecule has 3 heterocycles. The zero-order chi connectivity index (χ0) is 18.8. The lowest BCUT2D eigenvalue weighted by atomic mass is 10.1. The highest BCUT2D eigenvalue weighted by Crippen LogP contribution is 2.30. The number of morpholine rings is 1. The van der Waals surface area contributed by atoms with Crippen LogP contribution < -0.4 is 16.0 Å². The molecule has 3 aliphatic heterocycles. The second-order valence-corrected chi connectivity index (χ2v) is 7.39. The fraction of sp³-hybridized carbons (Fsp3) is 0.526. The van der Waals surface area contributed by atoms with Crippen LogP contribution in [0.5, 0.6) is 0 Å². The number of amides is 4. The number of benzene rings is 1. The van der Waals surface area contributed by atoms with Crippen LogP contribution in [0.1, 0.15) is 30.9 Å². The number of nitrogens with zero attached hydrogens (tertiary/aromatic N) is 1. The van der Waals surface area contributed by atoms with Gasteiger partial charge in [-0.25, -0.2) is 4.79 Å². The molecule has 8 nitrogen and oxygen atoms in total. The third-order valence-corrected chi connectivity index (χ3v) is 5.47. The van der Waals surface area contributed by atoms with E-state index in [1.54, 1.807) is 0 Å². The van der Waals surface area contributed by atoms with E-state index in [-0.39, 0.29) is 30.4 Å². The summed E-state index contributed by atoms with van der Waals surface area (Å²) in [6, 6.07) is 9.51. The molecule has 4 rings (SSSR count). The first-order valence-electron chi connectivity index (χ1n) is 9.40. The molecule has 0 spiro atoms. The molecule has 8 heteroatoms. The van der Waals surface area contributed by atoms with Crippen LogP contribution in [-0.2, 0) is 14.3 Å². The van der Waals surface area contributed by atoms with Gasteiger partial charge in [0.1, 0.15) is 6.04 Å². The van der Waals surface area contributed by atoms with E-state index < -0.39 is 12.1 Å². The van der Waals surface area contributed by atoms with Crippen molar-refractivity contribution < 1.29 is 19.1 Å². The minimum Gasteiger partial charge on any atom is -0.371 e. The monoisotopic (exact) mass is 372 g/mol. The molecule has 3 N–H and O–H groups in total. The summed E-state index contributed by atoms with van der Waals surface area (Å²) in [6.45, 7) is 2.30. The Morgan fingerprint density at radius 3 is 2.78 bits per heavy atom. The largest absolute Gasteiger partial charge is 0.371 e. The number of carbonyl (C=O) groups excluding carboxylic acids is 3. The molecule has 3 saturated heterocycles. The molecule has 0 bridgehead atoms. The smallest absolute Gasteiger partial charge is 0.322 e. The maximum absolute atomic E-state index is 12.2. The lowest BCUT2D eigenvalue weighted by molar-refractivity contribution is -0.122. The van der Waals surface area contributed by atoms with Crippen molar-refractivity contribution in [3.05, 3.63) is 35.9 Å². The lowest BCUT2D eigenvalue weighted by Crippen LogP contribution is -2.43. The molecule has 4 atom stereocenters. The third kappa shape index (κ3) is 4.12. The topological polar surface area (TPSA) is 99.8 Å². The molecule has 1 aromatic carbocycles. The van der Waals surface area contributed by atoms with E-state index in [0.717, 1.165) is 19.5 Å². The number of nitrogens with one attached hydrogen (secondary N) is 3. The zero-order valence-electron chi connectivity index (χ0n) is 15.0. The first kappa shape index (κ1) is 17.9. The van der Waals surface area contributed by atoms with E-state index >= 15 is 0 Å². The highest BCUT2D eigenvalue weighted by molar-refractivity contribution is 6.04. The van der Waals surface area contributed by atoms with Gasteiger partial charge in [-0.2, -0.15) is 0 Å². The van der Waals surface area contributed by atoms with Gasteiger partial charge in [0.25, 0.3) is 5.91 Å². The fourth-order valence-corrected chi connectivity index (χ4v) is 4.09. The van der Waals surface area contributed by atoms with E-state index in [1.165, 1.54) is 5.56 Å².